The molecule has 0 bridgehead atoms. The predicted octanol–water partition coefficient (Wildman–Crippen LogP) is 3.21. The highest BCUT2D eigenvalue weighted by molar-refractivity contribution is 5.45. The van der Waals surface area contributed by atoms with Crippen LogP contribution in [0.5, 0.6) is 5.75 Å². The Morgan fingerprint density at radius 2 is 1.90 bits per heavy atom. The van der Waals surface area contributed by atoms with Gasteiger partial charge in [-0.05, 0) is 62.2 Å². The van der Waals surface area contributed by atoms with Crippen molar-refractivity contribution in [1.29, 1.82) is 0 Å². The van der Waals surface area contributed by atoms with E-state index in [0.717, 1.165) is 12.2 Å². The van der Waals surface area contributed by atoms with Crippen molar-refractivity contribution in [1.82, 2.24) is 10.3 Å². The lowest BCUT2D eigenvalue weighted by atomic mass is 9.93. The van der Waals surface area contributed by atoms with E-state index < -0.39 is 0 Å². The normalized spacial score (nSPS) is 12.2. The fourth-order valence-corrected chi connectivity index (χ4v) is 2.66. The van der Waals surface area contributed by atoms with Gasteiger partial charge < -0.3 is 10.1 Å². The summed E-state index contributed by atoms with van der Waals surface area (Å²) >= 11 is 0. The van der Waals surface area contributed by atoms with Crippen molar-refractivity contribution in [2.24, 2.45) is 0 Å². The van der Waals surface area contributed by atoms with Crippen LogP contribution in [0.2, 0.25) is 0 Å². The maximum Gasteiger partial charge on any atom is 0.124 e. The lowest BCUT2D eigenvalue weighted by Gasteiger charge is -2.22. The summed E-state index contributed by atoms with van der Waals surface area (Å²) in [5, 5.41) is 3.40. The summed E-state index contributed by atoms with van der Waals surface area (Å²) in [6.45, 7) is 4.23. The van der Waals surface area contributed by atoms with Gasteiger partial charge in [0.1, 0.15) is 5.75 Å². The number of aromatic nitrogens is 1. The summed E-state index contributed by atoms with van der Waals surface area (Å²) in [7, 11) is 3.72. The molecule has 1 unspecified atom stereocenters. The van der Waals surface area contributed by atoms with E-state index in [0.29, 0.717) is 0 Å². The number of nitrogens with zero attached hydrogens (tertiary/aromatic N) is 1. The molecule has 3 heteroatoms. The first-order valence-corrected chi connectivity index (χ1v) is 6.87. The second-order valence-electron chi connectivity index (χ2n) is 5.10. The fraction of sp³-hybridized carbons (Fsp3) is 0.353. The van der Waals surface area contributed by atoms with Crippen LogP contribution in [-0.2, 0) is 6.42 Å². The zero-order valence-electron chi connectivity index (χ0n) is 12.6. The molecule has 1 heterocycles. The molecule has 20 heavy (non-hydrogen) atoms. The van der Waals surface area contributed by atoms with Gasteiger partial charge >= 0.3 is 0 Å². The van der Waals surface area contributed by atoms with Gasteiger partial charge in [-0.1, -0.05) is 6.07 Å². The molecule has 0 aliphatic carbocycles. The van der Waals surface area contributed by atoms with Crippen LogP contribution in [0.25, 0.3) is 0 Å². The minimum Gasteiger partial charge on any atom is -0.496 e. The minimum atomic E-state index is 0.230. The smallest absolute Gasteiger partial charge is 0.124 e. The molecule has 0 aliphatic heterocycles. The van der Waals surface area contributed by atoms with Crippen molar-refractivity contribution in [2.45, 2.75) is 26.3 Å². The van der Waals surface area contributed by atoms with Gasteiger partial charge in [-0.3, -0.25) is 4.98 Å². The average Bonchev–Trinajstić information content (AvgIpc) is 2.45. The molecular formula is C17H22N2O. The molecule has 1 aromatic heterocycles. The predicted molar refractivity (Wildman–Crippen MR) is 82.2 cm³/mol. The Morgan fingerprint density at radius 3 is 2.50 bits per heavy atom. The third kappa shape index (κ3) is 3.17. The highest BCUT2D eigenvalue weighted by Gasteiger charge is 2.18. The summed E-state index contributed by atoms with van der Waals surface area (Å²) in [6, 6.07) is 8.64. The fourth-order valence-electron chi connectivity index (χ4n) is 2.66. The first-order valence-electron chi connectivity index (χ1n) is 6.87. The molecule has 3 nitrogen and oxygen atoms in total. The zero-order chi connectivity index (χ0) is 14.5. The van der Waals surface area contributed by atoms with E-state index in [9.17, 15) is 0 Å². The molecule has 0 radical (unpaired) electrons. The van der Waals surface area contributed by atoms with E-state index in [1.807, 2.05) is 19.4 Å². The van der Waals surface area contributed by atoms with E-state index in [-0.39, 0.29) is 6.04 Å². The maximum atomic E-state index is 5.58. The molecule has 1 atom stereocenters. The van der Waals surface area contributed by atoms with E-state index in [4.69, 9.17) is 4.74 Å². The highest BCUT2D eigenvalue weighted by atomic mass is 16.5. The molecule has 106 valence electrons. The number of hydrogen-bond donors (Lipinski definition) is 1. The van der Waals surface area contributed by atoms with Gasteiger partial charge in [-0.2, -0.15) is 0 Å². The standard InChI is InChI=1S/C17H22N2O/c1-12-9-13(2)17(16(10-12)20-4)15(18-3)11-14-5-7-19-8-6-14/h5-10,15,18H,11H2,1-4H3. The molecule has 2 aromatic rings. The van der Waals surface area contributed by atoms with Gasteiger partial charge in [-0.15, -0.1) is 0 Å². The minimum absolute atomic E-state index is 0.230. The molecule has 1 aromatic carbocycles. The van der Waals surface area contributed by atoms with Gasteiger partial charge in [-0.25, -0.2) is 0 Å². The molecule has 0 amide bonds. The molecule has 2 rings (SSSR count). The van der Waals surface area contributed by atoms with Crippen molar-refractivity contribution in [3.05, 3.63) is 58.9 Å². The lowest BCUT2D eigenvalue weighted by Crippen LogP contribution is -2.20. The number of benzene rings is 1. The zero-order valence-corrected chi connectivity index (χ0v) is 12.6. The van der Waals surface area contributed by atoms with Crippen molar-refractivity contribution in [3.8, 4) is 5.75 Å². The highest BCUT2D eigenvalue weighted by Crippen LogP contribution is 2.31. The lowest BCUT2D eigenvalue weighted by molar-refractivity contribution is 0.400. The molecule has 0 saturated carbocycles. The van der Waals surface area contributed by atoms with Crippen LogP contribution in [0.3, 0.4) is 0 Å². The van der Waals surface area contributed by atoms with E-state index in [1.165, 1.54) is 22.3 Å². The first kappa shape index (κ1) is 14.5. The Hall–Kier alpha value is -1.87. The van der Waals surface area contributed by atoms with Crippen molar-refractivity contribution >= 4 is 0 Å². The number of rotatable bonds is 5. The van der Waals surface area contributed by atoms with Crippen LogP contribution < -0.4 is 10.1 Å². The van der Waals surface area contributed by atoms with Gasteiger partial charge in [0.2, 0.25) is 0 Å². The molecule has 0 saturated heterocycles. The molecule has 0 spiro atoms. The number of pyridine rings is 1. The van der Waals surface area contributed by atoms with E-state index in [2.05, 4.69) is 48.4 Å². The first-order chi connectivity index (χ1) is 9.65. The number of nitrogens with one attached hydrogen (secondary N) is 1. The van der Waals surface area contributed by atoms with Crippen LogP contribution in [0.1, 0.15) is 28.3 Å². The molecule has 0 aliphatic rings. The van der Waals surface area contributed by atoms with Crippen LogP contribution >= 0.6 is 0 Å². The second-order valence-corrected chi connectivity index (χ2v) is 5.10. The maximum absolute atomic E-state index is 5.58. The van der Waals surface area contributed by atoms with Gasteiger partial charge in [0.25, 0.3) is 0 Å². The molecular weight excluding hydrogens is 248 g/mol. The quantitative estimate of drug-likeness (QED) is 0.906. The van der Waals surface area contributed by atoms with Crippen LogP contribution in [0, 0.1) is 13.8 Å². The van der Waals surface area contributed by atoms with Crippen LogP contribution in [-0.4, -0.2) is 19.1 Å². The number of hydrogen-bond acceptors (Lipinski definition) is 3. The number of ether oxygens (including phenoxy) is 1. The van der Waals surface area contributed by atoms with E-state index in [1.54, 1.807) is 7.11 Å². The van der Waals surface area contributed by atoms with E-state index >= 15 is 0 Å². The third-order valence-electron chi connectivity index (χ3n) is 3.60. The monoisotopic (exact) mass is 270 g/mol. The number of likely N-dealkylation sites (N-methyl/N-ethyl adjacent to an activating group) is 1. The van der Waals surface area contributed by atoms with Gasteiger partial charge in [0.15, 0.2) is 0 Å². The summed E-state index contributed by atoms with van der Waals surface area (Å²) in [5.74, 6) is 0.955. The molecule has 0 fully saturated rings. The SMILES string of the molecule is CNC(Cc1ccncc1)c1c(C)cc(C)cc1OC. The largest absolute Gasteiger partial charge is 0.496 e. The van der Waals surface area contributed by atoms with Gasteiger partial charge in [0.05, 0.1) is 7.11 Å². The summed E-state index contributed by atoms with van der Waals surface area (Å²) in [5.41, 5.74) is 4.98. The number of methoxy groups -OCH3 is 1. The summed E-state index contributed by atoms with van der Waals surface area (Å²) in [4.78, 5) is 4.07. The second kappa shape index (κ2) is 6.53. The Balaban J connectivity index is 2.37. The summed E-state index contributed by atoms with van der Waals surface area (Å²) in [6.07, 6.45) is 4.59. The molecule has 1 N–H and O–H groups in total. The van der Waals surface area contributed by atoms with Crippen molar-refractivity contribution < 1.29 is 4.74 Å². The number of aryl methyl sites for hydroxylation is 2. The van der Waals surface area contributed by atoms with Crippen LogP contribution in [0.4, 0.5) is 0 Å². The van der Waals surface area contributed by atoms with Gasteiger partial charge in [0, 0.05) is 24.0 Å². The third-order valence-corrected chi connectivity index (χ3v) is 3.60. The Morgan fingerprint density at radius 1 is 1.20 bits per heavy atom. The Kier molecular flexibility index (Phi) is 4.74. The van der Waals surface area contributed by atoms with Crippen molar-refractivity contribution in [3.63, 3.8) is 0 Å². The topological polar surface area (TPSA) is 34.2 Å². The average molecular weight is 270 g/mol. The van der Waals surface area contributed by atoms with Crippen LogP contribution in [0.15, 0.2) is 36.7 Å². The Bertz CT molecular complexity index is 567. The van der Waals surface area contributed by atoms with Crippen molar-refractivity contribution in [2.75, 3.05) is 14.2 Å². The summed E-state index contributed by atoms with van der Waals surface area (Å²) < 4.78 is 5.58. The Labute approximate surface area is 121 Å².